The maximum absolute atomic E-state index is 12.1. The summed E-state index contributed by atoms with van der Waals surface area (Å²) in [5.41, 5.74) is 1.11. The van der Waals surface area contributed by atoms with Crippen molar-refractivity contribution in [3.05, 3.63) is 29.3 Å². The highest BCUT2D eigenvalue weighted by molar-refractivity contribution is 7.18. The summed E-state index contributed by atoms with van der Waals surface area (Å²) < 4.78 is 6.82. The first kappa shape index (κ1) is 16.9. The Morgan fingerprint density at radius 2 is 2.12 bits per heavy atom. The summed E-state index contributed by atoms with van der Waals surface area (Å²) in [5.74, 6) is 0.650. The van der Waals surface area contributed by atoms with E-state index in [1.807, 2.05) is 17.4 Å². The van der Waals surface area contributed by atoms with Gasteiger partial charge in [0.1, 0.15) is 0 Å². The number of nitrogens with one attached hydrogen (secondary N) is 1. The fraction of sp³-hybridized carbons (Fsp3) is 0.579. The van der Waals surface area contributed by atoms with E-state index in [1.165, 1.54) is 9.71 Å². The number of carbonyl (C=O) groups is 1. The Bertz CT molecular complexity index is 685. The molecule has 2 fully saturated rings. The van der Waals surface area contributed by atoms with Crippen LogP contribution < -0.4 is 5.32 Å². The van der Waals surface area contributed by atoms with Gasteiger partial charge in [-0.2, -0.15) is 0 Å². The Morgan fingerprint density at radius 3 is 2.88 bits per heavy atom. The minimum atomic E-state index is 0.119. The number of aromatic nitrogens is 1. The number of benzene rings is 1. The lowest BCUT2D eigenvalue weighted by Crippen LogP contribution is -2.42. The molecule has 2 aromatic rings. The molecule has 0 saturated carbocycles. The average molecular weight is 359 g/mol. The van der Waals surface area contributed by atoms with Gasteiger partial charge in [-0.05, 0) is 50.9 Å². The first-order valence-corrected chi connectivity index (χ1v) is 10.1. The third-order valence-corrected chi connectivity index (χ3v) is 6.36. The van der Waals surface area contributed by atoms with Gasteiger partial charge in [0.15, 0.2) is 0 Å². The van der Waals surface area contributed by atoms with Crippen LogP contribution in [0, 0.1) is 0 Å². The summed E-state index contributed by atoms with van der Waals surface area (Å²) in [5, 5.41) is 4.27. The van der Waals surface area contributed by atoms with E-state index in [9.17, 15) is 4.79 Å². The van der Waals surface area contributed by atoms with Crippen molar-refractivity contribution < 1.29 is 9.53 Å². The largest absolute Gasteiger partial charge is 0.376 e. The van der Waals surface area contributed by atoms with Crippen molar-refractivity contribution in [2.75, 3.05) is 32.8 Å². The number of carbonyl (C=O) groups excluding carboxylic acids is 1. The minimum Gasteiger partial charge on any atom is -0.376 e. The van der Waals surface area contributed by atoms with Gasteiger partial charge in [0.25, 0.3) is 0 Å². The van der Waals surface area contributed by atoms with E-state index in [0.29, 0.717) is 19.0 Å². The Kier molecular flexibility index (Phi) is 5.29. The molecule has 0 spiro atoms. The molecule has 0 radical (unpaired) electrons. The van der Waals surface area contributed by atoms with Crippen LogP contribution in [0.15, 0.2) is 24.3 Å². The molecule has 6 heteroatoms. The van der Waals surface area contributed by atoms with E-state index in [4.69, 9.17) is 9.72 Å². The molecule has 1 amide bonds. The van der Waals surface area contributed by atoms with Crippen molar-refractivity contribution >= 4 is 27.5 Å². The zero-order valence-corrected chi connectivity index (χ0v) is 15.3. The molecule has 0 unspecified atom stereocenters. The number of likely N-dealkylation sites (tertiary alicyclic amines) is 1. The van der Waals surface area contributed by atoms with Crippen LogP contribution in [0.1, 0.15) is 36.6 Å². The van der Waals surface area contributed by atoms with E-state index in [1.54, 1.807) is 0 Å². The predicted octanol–water partition coefficient (Wildman–Crippen LogP) is 2.77. The molecule has 2 aliphatic heterocycles. The number of fused-ring (bicyclic) bond motifs is 1. The molecule has 4 rings (SSSR count). The van der Waals surface area contributed by atoms with Crippen molar-refractivity contribution in [1.82, 2.24) is 15.2 Å². The average Bonchev–Trinajstić information content (AvgIpc) is 3.30. The number of rotatable bonds is 5. The Morgan fingerprint density at radius 1 is 1.28 bits per heavy atom. The monoisotopic (exact) mass is 359 g/mol. The van der Waals surface area contributed by atoms with Gasteiger partial charge in [-0.15, -0.1) is 11.3 Å². The van der Waals surface area contributed by atoms with Crippen LogP contribution in [0.4, 0.5) is 0 Å². The molecule has 134 valence electrons. The van der Waals surface area contributed by atoms with Crippen molar-refractivity contribution in [2.45, 2.75) is 37.7 Å². The van der Waals surface area contributed by atoms with Crippen LogP contribution in [0.25, 0.3) is 10.2 Å². The molecule has 25 heavy (non-hydrogen) atoms. The highest BCUT2D eigenvalue weighted by atomic mass is 32.1. The Balaban J connectivity index is 1.24. The maximum Gasteiger partial charge on any atom is 0.234 e. The van der Waals surface area contributed by atoms with E-state index in [0.717, 1.165) is 50.9 Å². The molecule has 1 N–H and O–H groups in total. The highest BCUT2D eigenvalue weighted by Crippen LogP contribution is 2.33. The van der Waals surface area contributed by atoms with Crippen LogP contribution in [-0.2, 0) is 9.53 Å². The van der Waals surface area contributed by atoms with Crippen LogP contribution in [0.2, 0.25) is 0 Å². The van der Waals surface area contributed by atoms with Gasteiger partial charge in [-0.25, -0.2) is 4.98 Å². The second-order valence-electron chi connectivity index (χ2n) is 7.01. The lowest BCUT2D eigenvalue weighted by Gasteiger charge is -2.30. The fourth-order valence-corrected chi connectivity index (χ4v) is 4.83. The van der Waals surface area contributed by atoms with Crippen molar-refractivity contribution in [1.29, 1.82) is 0 Å². The zero-order valence-electron chi connectivity index (χ0n) is 14.4. The van der Waals surface area contributed by atoms with Crippen LogP contribution in [0.3, 0.4) is 0 Å². The summed E-state index contributed by atoms with van der Waals surface area (Å²) >= 11 is 1.82. The molecule has 1 atom stereocenters. The van der Waals surface area contributed by atoms with Crippen molar-refractivity contribution in [2.24, 2.45) is 0 Å². The fourth-order valence-electron chi connectivity index (χ4n) is 3.69. The molecule has 1 aromatic heterocycles. The zero-order chi connectivity index (χ0) is 17.1. The second-order valence-corrected chi connectivity index (χ2v) is 8.07. The standard InChI is InChI=1S/C19H25N3O2S/c23-18(20-12-15-4-3-11-24-15)13-22-9-7-14(8-10-22)19-21-16-5-1-2-6-17(16)25-19/h1-2,5-6,14-15H,3-4,7-13H2,(H,20,23)/t15-/m0/s1. The highest BCUT2D eigenvalue weighted by Gasteiger charge is 2.24. The normalized spacial score (nSPS) is 22.5. The lowest BCUT2D eigenvalue weighted by molar-refractivity contribution is -0.123. The first-order chi connectivity index (χ1) is 12.3. The quantitative estimate of drug-likeness (QED) is 0.892. The van der Waals surface area contributed by atoms with Crippen LogP contribution >= 0.6 is 11.3 Å². The van der Waals surface area contributed by atoms with Crippen LogP contribution in [-0.4, -0.2) is 54.7 Å². The molecule has 2 saturated heterocycles. The van der Waals surface area contributed by atoms with Crippen LogP contribution in [0.5, 0.6) is 0 Å². The third kappa shape index (κ3) is 4.19. The minimum absolute atomic E-state index is 0.119. The summed E-state index contributed by atoms with van der Waals surface area (Å²) in [6.07, 6.45) is 4.56. The van der Waals surface area contributed by atoms with Gasteiger partial charge in [0.05, 0.1) is 27.9 Å². The summed E-state index contributed by atoms with van der Waals surface area (Å²) in [6, 6.07) is 8.35. The molecule has 0 aliphatic carbocycles. The van der Waals surface area contributed by atoms with Gasteiger partial charge in [0, 0.05) is 19.1 Å². The summed E-state index contributed by atoms with van der Waals surface area (Å²) in [7, 11) is 0. The molecule has 0 bridgehead atoms. The number of thiazole rings is 1. The van der Waals surface area contributed by atoms with Gasteiger partial charge in [-0.3, -0.25) is 9.69 Å². The number of piperidine rings is 1. The molecule has 1 aromatic carbocycles. The number of ether oxygens (including phenoxy) is 1. The molecule has 5 nitrogen and oxygen atoms in total. The Hall–Kier alpha value is -1.50. The van der Waals surface area contributed by atoms with Crippen molar-refractivity contribution in [3.63, 3.8) is 0 Å². The SMILES string of the molecule is O=C(CN1CCC(c2nc3ccccc3s2)CC1)NC[C@@H]1CCCO1. The number of hydrogen-bond donors (Lipinski definition) is 1. The Labute approximate surface area is 152 Å². The molecule has 3 heterocycles. The third-order valence-electron chi connectivity index (χ3n) is 5.17. The number of nitrogens with zero attached hydrogens (tertiary/aromatic N) is 2. The number of para-hydroxylation sites is 1. The number of hydrogen-bond acceptors (Lipinski definition) is 5. The van der Waals surface area contributed by atoms with Gasteiger partial charge >= 0.3 is 0 Å². The van der Waals surface area contributed by atoms with Gasteiger partial charge < -0.3 is 10.1 Å². The van der Waals surface area contributed by atoms with E-state index in [2.05, 4.69) is 28.4 Å². The van der Waals surface area contributed by atoms with Gasteiger partial charge in [-0.1, -0.05) is 12.1 Å². The predicted molar refractivity (Wildman–Crippen MR) is 100 cm³/mol. The first-order valence-electron chi connectivity index (χ1n) is 9.24. The van der Waals surface area contributed by atoms with E-state index >= 15 is 0 Å². The topological polar surface area (TPSA) is 54.5 Å². The van der Waals surface area contributed by atoms with E-state index < -0.39 is 0 Å². The van der Waals surface area contributed by atoms with Crippen molar-refractivity contribution in [3.8, 4) is 0 Å². The van der Waals surface area contributed by atoms with Gasteiger partial charge in [0.2, 0.25) is 5.91 Å². The lowest BCUT2D eigenvalue weighted by atomic mass is 9.97. The second kappa shape index (κ2) is 7.81. The molecular weight excluding hydrogens is 334 g/mol. The molecular formula is C19H25N3O2S. The maximum atomic E-state index is 12.1. The summed E-state index contributed by atoms with van der Waals surface area (Å²) in [6.45, 7) is 3.92. The molecule has 2 aliphatic rings. The summed E-state index contributed by atoms with van der Waals surface area (Å²) in [4.78, 5) is 19.2. The smallest absolute Gasteiger partial charge is 0.234 e. The van der Waals surface area contributed by atoms with E-state index in [-0.39, 0.29) is 12.0 Å². The number of amides is 1.